The third kappa shape index (κ3) is 5.53. The van der Waals surface area contributed by atoms with E-state index >= 15 is 8.78 Å². The number of hydrogen-bond acceptors (Lipinski definition) is 5. The van der Waals surface area contributed by atoms with E-state index in [4.69, 9.17) is 10.5 Å². The Morgan fingerprint density at radius 1 is 1.22 bits per heavy atom. The number of pyridine rings is 2. The lowest BCUT2D eigenvalue weighted by molar-refractivity contribution is -0.142. The van der Waals surface area contributed by atoms with Crippen LogP contribution in [0.4, 0.5) is 22.0 Å². The number of nitrogens with two attached hydrogens (primary N) is 1. The highest BCUT2D eigenvalue weighted by Crippen LogP contribution is 2.43. The molecule has 7 nitrogen and oxygen atoms in total. The second-order valence-electron chi connectivity index (χ2n) is 9.62. The summed E-state index contributed by atoms with van der Waals surface area (Å²) in [7, 11) is 0. The van der Waals surface area contributed by atoms with Crippen LogP contribution in [-0.2, 0) is 16.9 Å². The monoisotopic (exact) mass is 514 g/mol. The van der Waals surface area contributed by atoms with Crippen LogP contribution in [0.15, 0.2) is 41.5 Å². The molecule has 2 fully saturated rings. The molecule has 0 aromatic carbocycles. The highest BCUT2D eigenvalue weighted by Gasteiger charge is 2.51. The van der Waals surface area contributed by atoms with Crippen LogP contribution in [-0.4, -0.2) is 52.2 Å². The van der Waals surface area contributed by atoms with E-state index in [0.29, 0.717) is 22.8 Å². The molecule has 1 saturated heterocycles. The molecule has 196 valence electrons. The van der Waals surface area contributed by atoms with Crippen LogP contribution in [0.5, 0.6) is 5.75 Å². The number of hydrogen-bond donors (Lipinski definition) is 1. The van der Waals surface area contributed by atoms with Crippen molar-refractivity contribution in [1.82, 2.24) is 14.5 Å². The molecule has 1 aliphatic heterocycles. The molecule has 36 heavy (non-hydrogen) atoms. The molecule has 0 spiro atoms. The van der Waals surface area contributed by atoms with E-state index in [9.17, 15) is 22.8 Å². The van der Waals surface area contributed by atoms with Crippen LogP contribution in [0.2, 0.25) is 0 Å². The van der Waals surface area contributed by atoms with E-state index in [0.717, 1.165) is 31.2 Å². The van der Waals surface area contributed by atoms with Gasteiger partial charge in [-0.1, -0.05) is 6.07 Å². The van der Waals surface area contributed by atoms with Gasteiger partial charge >= 0.3 is 6.18 Å². The van der Waals surface area contributed by atoms with Gasteiger partial charge in [-0.3, -0.25) is 19.5 Å². The van der Waals surface area contributed by atoms with Crippen LogP contribution < -0.4 is 16.0 Å². The van der Waals surface area contributed by atoms with Gasteiger partial charge in [-0.2, -0.15) is 13.2 Å². The standard InChI is InChI=1S/C24H27F5N4O3/c1-22(21(30)35,19-6-5-17(10-31-19)36-13-15-2-3-15)33-9-8-23(25,26)18(12-33)16-4-7-20(34)32(11-16)14-24(27,28)29/h4-7,10-11,15,18H,2-3,8-9,12-14H2,1H3,(H2,30,35)/t18-,22?/m1/s1. The second kappa shape index (κ2) is 9.45. The molecule has 0 bridgehead atoms. The predicted molar refractivity (Wildman–Crippen MR) is 120 cm³/mol. The molecule has 1 saturated carbocycles. The highest BCUT2D eigenvalue weighted by molar-refractivity contribution is 5.85. The number of primary amides is 1. The number of halogens is 5. The molecule has 1 unspecified atom stereocenters. The smallest absolute Gasteiger partial charge is 0.406 e. The van der Waals surface area contributed by atoms with Gasteiger partial charge in [0.15, 0.2) is 0 Å². The third-order valence-electron chi connectivity index (χ3n) is 6.92. The number of rotatable bonds is 8. The molecule has 2 aromatic rings. The summed E-state index contributed by atoms with van der Waals surface area (Å²) in [6.07, 6.45) is -0.888. The van der Waals surface area contributed by atoms with Gasteiger partial charge in [0.25, 0.3) is 11.5 Å². The molecule has 2 aliphatic rings. The zero-order valence-corrected chi connectivity index (χ0v) is 19.6. The Morgan fingerprint density at radius 3 is 2.53 bits per heavy atom. The lowest BCUT2D eigenvalue weighted by atomic mass is 9.83. The summed E-state index contributed by atoms with van der Waals surface area (Å²) in [5.41, 5.74) is 3.31. The van der Waals surface area contributed by atoms with Crippen molar-refractivity contribution in [3.63, 3.8) is 0 Å². The van der Waals surface area contributed by atoms with Crippen LogP contribution in [0.25, 0.3) is 0 Å². The number of nitrogens with zero attached hydrogens (tertiary/aromatic N) is 3. The molecule has 1 aliphatic carbocycles. The Morgan fingerprint density at radius 2 is 1.94 bits per heavy atom. The molecular weight excluding hydrogens is 487 g/mol. The molecule has 4 rings (SSSR count). The van der Waals surface area contributed by atoms with E-state index in [1.54, 1.807) is 12.1 Å². The van der Waals surface area contributed by atoms with E-state index in [2.05, 4.69) is 4.98 Å². The highest BCUT2D eigenvalue weighted by atomic mass is 19.4. The molecule has 2 N–H and O–H groups in total. The SMILES string of the molecule is CC(C(N)=O)(c1ccc(OCC2CC2)cn1)N1CCC(F)(F)[C@@H](c2ccc(=O)n(CC(F)(F)F)c2)C1. The Bertz CT molecular complexity index is 1160. The molecule has 2 aromatic heterocycles. The summed E-state index contributed by atoms with van der Waals surface area (Å²) in [6.45, 7) is -0.147. The fourth-order valence-electron chi connectivity index (χ4n) is 4.43. The number of carbonyl (C=O) groups excluding carboxylic acids is 1. The number of carbonyl (C=O) groups is 1. The number of ether oxygens (including phenoxy) is 1. The fourth-order valence-corrected chi connectivity index (χ4v) is 4.43. The maximum Gasteiger partial charge on any atom is 0.406 e. The van der Waals surface area contributed by atoms with E-state index in [-0.39, 0.29) is 17.8 Å². The Kier molecular flexibility index (Phi) is 6.84. The van der Waals surface area contributed by atoms with Crippen LogP contribution in [0.1, 0.15) is 43.4 Å². The molecule has 0 radical (unpaired) electrons. The number of aromatic nitrogens is 2. The number of piperidine rings is 1. The Labute approximate surface area is 204 Å². The summed E-state index contributed by atoms with van der Waals surface area (Å²) >= 11 is 0. The first-order valence-corrected chi connectivity index (χ1v) is 11.6. The summed E-state index contributed by atoms with van der Waals surface area (Å²) in [5.74, 6) is -4.65. The minimum Gasteiger partial charge on any atom is -0.492 e. The van der Waals surface area contributed by atoms with Crippen molar-refractivity contribution in [3.05, 3.63) is 58.3 Å². The molecular formula is C24H27F5N4O3. The van der Waals surface area contributed by atoms with Crippen LogP contribution >= 0.6 is 0 Å². The van der Waals surface area contributed by atoms with Crippen molar-refractivity contribution < 1.29 is 31.5 Å². The van der Waals surface area contributed by atoms with Crippen molar-refractivity contribution in [2.45, 2.75) is 56.3 Å². The Balaban J connectivity index is 1.62. The first kappa shape index (κ1) is 26.1. The number of amides is 1. The lowest BCUT2D eigenvalue weighted by Crippen LogP contribution is -2.59. The normalized spacial score (nSPS) is 22.1. The van der Waals surface area contributed by atoms with Gasteiger partial charge in [-0.15, -0.1) is 0 Å². The topological polar surface area (TPSA) is 90.5 Å². The zero-order valence-electron chi connectivity index (χ0n) is 19.6. The quantitative estimate of drug-likeness (QED) is 0.546. The molecule has 3 heterocycles. The second-order valence-corrected chi connectivity index (χ2v) is 9.62. The van der Waals surface area contributed by atoms with Crippen LogP contribution in [0, 0.1) is 5.92 Å². The summed E-state index contributed by atoms with van der Waals surface area (Å²) in [5, 5.41) is 0. The number of likely N-dealkylation sites (tertiary alicyclic amines) is 1. The van der Waals surface area contributed by atoms with E-state index < -0.39 is 54.5 Å². The fraction of sp³-hybridized carbons (Fsp3) is 0.542. The van der Waals surface area contributed by atoms with Crippen molar-refractivity contribution >= 4 is 5.91 Å². The van der Waals surface area contributed by atoms with Crippen LogP contribution in [0.3, 0.4) is 0 Å². The minimum atomic E-state index is -4.70. The molecule has 1 amide bonds. The lowest BCUT2D eigenvalue weighted by Gasteiger charge is -2.46. The molecule has 12 heteroatoms. The first-order valence-electron chi connectivity index (χ1n) is 11.6. The number of alkyl halides is 5. The summed E-state index contributed by atoms with van der Waals surface area (Å²) in [4.78, 5) is 30.3. The summed E-state index contributed by atoms with van der Waals surface area (Å²) < 4.78 is 74.7. The van der Waals surface area contributed by atoms with Gasteiger partial charge in [0.1, 0.15) is 17.8 Å². The maximum atomic E-state index is 15.0. The van der Waals surface area contributed by atoms with Gasteiger partial charge in [0.2, 0.25) is 5.91 Å². The predicted octanol–water partition coefficient (Wildman–Crippen LogP) is 3.42. The third-order valence-corrected chi connectivity index (χ3v) is 6.92. The van der Waals surface area contributed by atoms with Crippen molar-refractivity contribution in [3.8, 4) is 5.75 Å². The van der Waals surface area contributed by atoms with Gasteiger partial charge in [0.05, 0.1) is 24.4 Å². The van der Waals surface area contributed by atoms with Gasteiger partial charge < -0.3 is 15.0 Å². The minimum absolute atomic E-state index is 0.142. The van der Waals surface area contributed by atoms with Crippen molar-refractivity contribution in [2.24, 2.45) is 11.7 Å². The maximum absolute atomic E-state index is 15.0. The average molecular weight is 514 g/mol. The summed E-state index contributed by atoms with van der Waals surface area (Å²) in [6, 6.07) is 5.13. The van der Waals surface area contributed by atoms with Gasteiger partial charge in [0, 0.05) is 31.8 Å². The average Bonchev–Trinajstić information content (AvgIpc) is 3.62. The van der Waals surface area contributed by atoms with Crippen molar-refractivity contribution in [2.75, 3.05) is 19.7 Å². The van der Waals surface area contributed by atoms with Gasteiger partial charge in [-0.25, -0.2) is 8.78 Å². The van der Waals surface area contributed by atoms with E-state index in [1.807, 2.05) is 0 Å². The van der Waals surface area contributed by atoms with Gasteiger partial charge in [-0.05, 0) is 43.4 Å². The van der Waals surface area contributed by atoms with E-state index in [1.165, 1.54) is 18.0 Å². The largest absolute Gasteiger partial charge is 0.492 e. The molecule has 2 atom stereocenters. The van der Waals surface area contributed by atoms with Crippen molar-refractivity contribution in [1.29, 1.82) is 0 Å². The zero-order chi connectivity index (χ0) is 26.3. The first-order chi connectivity index (χ1) is 16.8. The Hall–Kier alpha value is -3.02.